The summed E-state index contributed by atoms with van der Waals surface area (Å²) in [4.78, 5) is 0. The molecule has 0 spiro atoms. The third-order valence-corrected chi connectivity index (χ3v) is 4.48. The van der Waals surface area contributed by atoms with Crippen molar-refractivity contribution in [3.05, 3.63) is 35.9 Å². The molecule has 0 heterocycles. The van der Waals surface area contributed by atoms with E-state index in [0.29, 0.717) is 6.54 Å². The number of benzene rings is 1. The Labute approximate surface area is 110 Å². The molecule has 0 radical (unpaired) electrons. The maximum absolute atomic E-state index is 9.88. The Bertz CT molecular complexity index is 339. The van der Waals surface area contributed by atoms with E-state index < -0.39 is 0 Å². The summed E-state index contributed by atoms with van der Waals surface area (Å²) < 4.78 is 0. The first kappa shape index (κ1) is 13.6. The zero-order valence-corrected chi connectivity index (χ0v) is 11.1. The first-order chi connectivity index (χ1) is 8.80. The summed E-state index contributed by atoms with van der Waals surface area (Å²) in [5.74, 6) is 0.731. The third kappa shape index (κ3) is 2.93. The Kier molecular flexibility index (Phi) is 4.79. The summed E-state index contributed by atoms with van der Waals surface area (Å²) in [6.45, 7) is 0.689. The van der Waals surface area contributed by atoms with Crippen LogP contribution in [-0.4, -0.2) is 18.3 Å². The van der Waals surface area contributed by atoms with Crippen LogP contribution >= 0.6 is 0 Å². The molecule has 1 fully saturated rings. The van der Waals surface area contributed by atoms with E-state index in [4.69, 9.17) is 5.73 Å². The molecule has 1 aliphatic rings. The quantitative estimate of drug-likeness (QED) is 0.840. The van der Waals surface area contributed by atoms with Gasteiger partial charge >= 0.3 is 0 Å². The molecule has 1 unspecified atom stereocenters. The monoisotopic (exact) mass is 247 g/mol. The second-order valence-electron chi connectivity index (χ2n) is 5.72. The van der Waals surface area contributed by atoms with Crippen LogP contribution < -0.4 is 5.73 Å². The van der Waals surface area contributed by atoms with Crippen LogP contribution in [0.1, 0.15) is 44.1 Å². The zero-order chi connectivity index (χ0) is 12.8. The highest BCUT2D eigenvalue weighted by Gasteiger charge is 2.33. The van der Waals surface area contributed by atoms with Crippen molar-refractivity contribution in [2.75, 3.05) is 13.2 Å². The number of hydrogen-bond acceptors (Lipinski definition) is 2. The molecule has 0 aromatic heterocycles. The molecule has 0 aliphatic heterocycles. The number of nitrogens with two attached hydrogens (primary N) is 1. The van der Waals surface area contributed by atoms with Gasteiger partial charge in [0.1, 0.15) is 0 Å². The fourth-order valence-electron chi connectivity index (χ4n) is 3.27. The highest BCUT2D eigenvalue weighted by molar-refractivity contribution is 5.26. The Morgan fingerprint density at radius 3 is 2.33 bits per heavy atom. The summed E-state index contributed by atoms with van der Waals surface area (Å²) >= 11 is 0. The van der Waals surface area contributed by atoms with E-state index in [-0.39, 0.29) is 12.0 Å². The lowest BCUT2D eigenvalue weighted by atomic mass is 9.71. The summed E-state index contributed by atoms with van der Waals surface area (Å²) in [6.07, 6.45) is 7.68. The van der Waals surface area contributed by atoms with E-state index in [9.17, 15) is 5.11 Å². The highest BCUT2D eigenvalue weighted by Crippen LogP contribution is 2.36. The maximum Gasteiger partial charge on any atom is 0.0540 e. The molecule has 2 heteroatoms. The molecular formula is C16H25NO. The van der Waals surface area contributed by atoms with Gasteiger partial charge in [-0.25, -0.2) is 0 Å². The first-order valence-corrected chi connectivity index (χ1v) is 7.17. The molecule has 100 valence electrons. The van der Waals surface area contributed by atoms with Gasteiger partial charge in [-0.3, -0.25) is 0 Å². The van der Waals surface area contributed by atoms with Crippen molar-refractivity contribution in [2.24, 2.45) is 11.7 Å². The van der Waals surface area contributed by atoms with Crippen LogP contribution in [0.15, 0.2) is 30.3 Å². The standard InChI is InChI=1S/C16H25NO/c17-12-16(13-18,15-9-5-2-6-10-15)11-14-7-3-1-4-8-14/h2,5-6,9-10,14,18H,1,3-4,7-8,11-13,17H2. The van der Waals surface area contributed by atoms with E-state index in [1.807, 2.05) is 18.2 Å². The molecule has 18 heavy (non-hydrogen) atoms. The summed E-state index contributed by atoms with van der Waals surface area (Å²) in [7, 11) is 0. The molecule has 0 saturated heterocycles. The Hall–Kier alpha value is -0.860. The molecule has 1 aromatic carbocycles. The fraction of sp³-hybridized carbons (Fsp3) is 0.625. The van der Waals surface area contributed by atoms with Gasteiger partial charge in [0.15, 0.2) is 0 Å². The molecular weight excluding hydrogens is 222 g/mol. The summed E-state index contributed by atoms with van der Waals surface area (Å²) in [5.41, 5.74) is 6.97. The van der Waals surface area contributed by atoms with Crippen LogP contribution in [0.4, 0.5) is 0 Å². The van der Waals surface area contributed by atoms with Gasteiger partial charge in [0.05, 0.1) is 6.61 Å². The number of aliphatic hydroxyl groups excluding tert-OH is 1. The second kappa shape index (κ2) is 6.35. The lowest BCUT2D eigenvalue weighted by Crippen LogP contribution is -2.41. The number of rotatable bonds is 5. The van der Waals surface area contributed by atoms with Crippen LogP contribution in [0, 0.1) is 5.92 Å². The smallest absolute Gasteiger partial charge is 0.0540 e. The normalized spacial score (nSPS) is 20.6. The van der Waals surface area contributed by atoms with Gasteiger partial charge < -0.3 is 10.8 Å². The van der Waals surface area contributed by atoms with Gasteiger partial charge in [-0.1, -0.05) is 62.4 Å². The molecule has 1 aromatic rings. The van der Waals surface area contributed by atoms with Crippen LogP contribution in [-0.2, 0) is 5.41 Å². The lowest BCUT2D eigenvalue weighted by molar-refractivity contribution is 0.156. The van der Waals surface area contributed by atoms with Crippen molar-refractivity contribution >= 4 is 0 Å². The Morgan fingerprint density at radius 1 is 1.11 bits per heavy atom. The summed E-state index contributed by atoms with van der Waals surface area (Å²) in [5, 5.41) is 9.88. The predicted octanol–water partition coefficient (Wildman–Crippen LogP) is 2.85. The first-order valence-electron chi connectivity index (χ1n) is 7.17. The van der Waals surface area contributed by atoms with Gasteiger partial charge in [-0.15, -0.1) is 0 Å². The Morgan fingerprint density at radius 2 is 1.78 bits per heavy atom. The molecule has 0 amide bonds. The molecule has 2 nitrogen and oxygen atoms in total. The van der Waals surface area contributed by atoms with E-state index >= 15 is 0 Å². The van der Waals surface area contributed by atoms with Crippen molar-refractivity contribution in [2.45, 2.75) is 43.9 Å². The van der Waals surface area contributed by atoms with E-state index in [1.54, 1.807) is 0 Å². The van der Waals surface area contributed by atoms with Crippen molar-refractivity contribution < 1.29 is 5.11 Å². The molecule has 2 rings (SSSR count). The van der Waals surface area contributed by atoms with Gasteiger partial charge in [0.25, 0.3) is 0 Å². The van der Waals surface area contributed by atoms with Crippen molar-refractivity contribution in [3.63, 3.8) is 0 Å². The maximum atomic E-state index is 9.88. The molecule has 1 atom stereocenters. The zero-order valence-electron chi connectivity index (χ0n) is 11.1. The molecule has 1 aliphatic carbocycles. The van der Waals surface area contributed by atoms with E-state index in [1.165, 1.54) is 37.7 Å². The average molecular weight is 247 g/mol. The highest BCUT2D eigenvalue weighted by atomic mass is 16.3. The minimum atomic E-state index is -0.233. The SMILES string of the molecule is NCC(CO)(CC1CCCCC1)c1ccccc1. The average Bonchev–Trinajstić information content (AvgIpc) is 2.47. The van der Waals surface area contributed by atoms with E-state index in [0.717, 1.165) is 12.3 Å². The lowest BCUT2D eigenvalue weighted by Gasteiger charge is -2.36. The van der Waals surface area contributed by atoms with Crippen LogP contribution in [0.25, 0.3) is 0 Å². The van der Waals surface area contributed by atoms with Gasteiger partial charge in [-0.2, -0.15) is 0 Å². The van der Waals surface area contributed by atoms with Crippen molar-refractivity contribution in [3.8, 4) is 0 Å². The number of hydrogen-bond donors (Lipinski definition) is 2. The number of aliphatic hydroxyl groups is 1. The van der Waals surface area contributed by atoms with Crippen LogP contribution in [0.2, 0.25) is 0 Å². The van der Waals surface area contributed by atoms with Crippen molar-refractivity contribution in [1.29, 1.82) is 0 Å². The summed E-state index contributed by atoms with van der Waals surface area (Å²) in [6, 6.07) is 10.3. The fourth-order valence-corrected chi connectivity index (χ4v) is 3.27. The molecule has 0 bridgehead atoms. The topological polar surface area (TPSA) is 46.2 Å². The second-order valence-corrected chi connectivity index (χ2v) is 5.72. The molecule has 3 N–H and O–H groups in total. The minimum Gasteiger partial charge on any atom is -0.395 e. The van der Waals surface area contributed by atoms with E-state index in [2.05, 4.69) is 12.1 Å². The third-order valence-electron chi connectivity index (χ3n) is 4.48. The molecule has 1 saturated carbocycles. The van der Waals surface area contributed by atoms with Gasteiger partial charge in [-0.05, 0) is 17.9 Å². The largest absolute Gasteiger partial charge is 0.395 e. The minimum absolute atomic E-state index is 0.157. The van der Waals surface area contributed by atoms with Crippen molar-refractivity contribution in [1.82, 2.24) is 0 Å². The van der Waals surface area contributed by atoms with Gasteiger partial charge in [0.2, 0.25) is 0 Å². The van der Waals surface area contributed by atoms with Gasteiger partial charge in [0, 0.05) is 12.0 Å². The van der Waals surface area contributed by atoms with Crippen LogP contribution in [0.3, 0.4) is 0 Å². The Balaban J connectivity index is 2.15. The van der Waals surface area contributed by atoms with Crippen LogP contribution in [0.5, 0.6) is 0 Å². The predicted molar refractivity (Wildman–Crippen MR) is 75.5 cm³/mol.